The van der Waals surface area contributed by atoms with Gasteiger partial charge in [0.2, 0.25) is 0 Å². The number of benzene rings is 1. The van der Waals surface area contributed by atoms with Gasteiger partial charge in [-0.2, -0.15) is 0 Å². The molecule has 1 aliphatic heterocycles. The van der Waals surface area contributed by atoms with Crippen molar-refractivity contribution in [3.8, 4) is 5.75 Å². The first-order valence-corrected chi connectivity index (χ1v) is 9.22. The fraction of sp³-hybridized carbons (Fsp3) is 0.600. The summed E-state index contributed by atoms with van der Waals surface area (Å²) >= 11 is 0. The number of hydrogen-bond donors (Lipinski definition) is 1. The molecule has 5 nitrogen and oxygen atoms in total. The minimum atomic E-state index is -0.489. The van der Waals surface area contributed by atoms with Crippen molar-refractivity contribution in [2.45, 2.75) is 69.4 Å². The van der Waals surface area contributed by atoms with Crippen LogP contribution < -0.4 is 10.1 Å². The fourth-order valence-electron chi connectivity index (χ4n) is 5.57. The zero-order valence-electron chi connectivity index (χ0n) is 15.3. The van der Waals surface area contributed by atoms with Crippen molar-refractivity contribution in [2.24, 2.45) is 0 Å². The monoisotopic (exact) mass is 379 g/mol. The van der Waals surface area contributed by atoms with E-state index in [1.807, 2.05) is 12.1 Å². The summed E-state index contributed by atoms with van der Waals surface area (Å²) in [6, 6.07) is 6.11. The number of fused-ring (bicyclic) bond motifs is 1. The number of rotatable bonds is 2. The van der Waals surface area contributed by atoms with Crippen LogP contribution in [0.5, 0.6) is 5.75 Å². The van der Waals surface area contributed by atoms with Gasteiger partial charge in [0, 0.05) is 19.3 Å². The van der Waals surface area contributed by atoms with Crippen LogP contribution in [0.15, 0.2) is 18.2 Å². The van der Waals surface area contributed by atoms with Crippen molar-refractivity contribution in [3.05, 3.63) is 29.3 Å². The molecule has 1 saturated heterocycles. The van der Waals surface area contributed by atoms with Crippen LogP contribution in [0.1, 0.15) is 57.1 Å². The van der Waals surface area contributed by atoms with Crippen LogP contribution in [0, 0.1) is 0 Å². The SMILES string of the molecule is CC(=O)Oc1ccc2c(c1)[C@@]13CCCC[C@@]1(OC(C)=O)[C@@H](C2)NCC3.Cl. The Balaban J connectivity index is 0.00000196. The summed E-state index contributed by atoms with van der Waals surface area (Å²) in [6.07, 6.45) is 5.88. The maximum absolute atomic E-state index is 12.0. The zero-order chi connectivity index (χ0) is 17.7. The van der Waals surface area contributed by atoms with Gasteiger partial charge in [0.1, 0.15) is 11.4 Å². The Kier molecular flexibility index (Phi) is 5.06. The Morgan fingerprint density at radius 2 is 1.88 bits per heavy atom. The second-order valence-corrected chi connectivity index (χ2v) is 7.65. The highest BCUT2D eigenvalue weighted by molar-refractivity contribution is 5.85. The van der Waals surface area contributed by atoms with E-state index in [9.17, 15) is 9.59 Å². The van der Waals surface area contributed by atoms with Gasteiger partial charge in [0.05, 0.1) is 6.04 Å². The van der Waals surface area contributed by atoms with Crippen LogP contribution >= 0.6 is 12.4 Å². The van der Waals surface area contributed by atoms with Gasteiger partial charge in [-0.3, -0.25) is 9.59 Å². The minimum Gasteiger partial charge on any atom is -0.457 e. The van der Waals surface area contributed by atoms with Gasteiger partial charge in [0.25, 0.3) is 0 Å². The first-order valence-electron chi connectivity index (χ1n) is 9.22. The van der Waals surface area contributed by atoms with Gasteiger partial charge >= 0.3 is 11.9 Å². The molecule has 0 unspecified atom stereocenters. The quantitative estimate of drug-likeness (QED) is 0.632. The standard InChI is InChI=1S/C20H25NO4.ClH/c1-13(22)24-16-6-5-15-11-18-20(25-14(2)23)8-4-3-7-19(20,9-10-21-18)17(15)12-16;/h5-6,12,18,21H,3-4,7-11H2,1-2H3;1H/t18-,19+,20-;/m1./s1. The molecule has 0 radical (unpaired) electrons. The summed E-state index contributed by atoms with van der Waals surface area (Å²) in [5, 5.41) is 3.62. The number of halogens is 1. The smallest absolute Gasteiger partial charge is 0.308 e. The minimum absolute atomic E-state index is 0. The topological polar surface area (TPSA) is 64.6 Å². The van der Waals surface area contributed by atoms with E-state index in [1.54, 1.807) is 0 Å². The average molecular weight is 380 g/mol. The molecule has 142 valence electrons. The molecule has 1 saturated carbocycles. The summed E-state index contributed by atoms with van der Waals surface area (Å²) in [6.45, 7) is 3.85. The van der Waals surface area contributed by atoms with E-state index in [0.717, 1.165) is 45.1 Å². The normalized spacial score (nSPS) is 31.7. The molecule has 2 aliphatic carbocycles. The van der Waals surface area contributed by atoms with Crippen molar-refractivity contribution >= 4 is 24.3 Å². The number of carbonyl (C=O) groups is 2. The number of nitrogens with one attached hydrogen (secondary N) is 1. The van der Waals surface area contributed by atoms with E-state index in [4.69, 9.17) is 9.47 Å². The van der Waals surface area contributed by atoms with E-state index >= 15 is 0 Å². The van der Waals surface area contributed by atoms with Gasteiger partial charge < -0.3 is 14.8 Å². The molecule has 1 aromatic carbocycles. The molecule has 1 aromatic rings. The molecule has 0 amide bonds. The summed E-state index contributed by atoms with van der Waals surface area (Å²) in [5.41, 5.74) is 1.82. The summed E-state index contributed by atoms with van der Waals surface area (Å²) in [4.78, 5) is 23.4. The molecule has 2 bridgehead atoms. The lowest BCUT2D eigenvalue weighted by Crippen LogP contribution is -2.73. The second kappa shape index (κ2) is 6.86. The molecule has 1 heterocycles. The van der Waals surface area contributed by atoms with E-state index in [-0.39, 0.29) is 35.8 Å². The third-order valence-corrected chi connectivity index (χ3v) is 6.33. The lowest BCUT2D eigenvalue weighted by Gasteiger charge is -2.62. The van der Waals surface area contributed by atoms with Crippen molar-refractivity contribution in [2.75, 3.05) is 6.54 Å². The van der Waals surface area contributed by atoms with Crippen LogP contribution in [0.25, 0.3) is 0 Å². The van der Waals surface area contributed by atoms with Crippen molar-refractivity contribution in [1.82, 2.24) is 5.32 Å². The summed E-state index contributed by atoms with van der Waals surface area (Å²) < 4.78 is 11.5. The molecule has 0 aromatic heterocycles. The van der Waals surface area contributed by atoms with Gasteiger partial charge in [-0.05, 0) is 61.9 Å². The van der Waals surface area contributed by atoms with Gasteiger partial charge in [-0.25, -0.2) is 0 Å². The highest BCUT2D eigenvalue weighted by Crippen LogP contribution is 2.58. The Hall–Kier alpha value is -1.59. The third-order valence-electron chi connectivity index (χ3n) is 6.33. The van der Waals surface area contributed by atoms with Gasteiger partial charge in [-0.15, -0.1) is 12.4 Å². The molecule has 1 N–H and O–H groups in total. The fourth-order valence-corrected chi connectivity index (χ4v) is 5.57. The Morgan fingerprint density at radius 1 is 1.12 bits per heavy atom. The maximum atomic E-state index is 12.0. The molecule has 26 heavy (non-hydrogen) atoms. The van der Waals surface area contributed by atoms with Gasteiger partial charge in [0.15, 0.2) is 0 Å². The number of esters is 2. The van der Waals surface area contributed by atoms with E-state index in [1.165, 1.54) is 25.0 Å². The Bertz CT molecular complexity index is 733. The Morgan fingerprint density at radius 3 is 2.62 bits per heavy atom. The lowest BCUT2D eigenvalue weighted by molar-refractivity contribution is -0.188. The van der Waals surface area contributed by atoms with Crippen LogP contribution in [0.3, 0.4) is 0 Å². The van der Waals surface area contributed by atoms with Crippen molar-refractivity contribution in [3.63, 3.8) is 0 Å². The molecular formula is C20H26ClNO4. The van der Waals surface area contributed by atoms with Gasteiger partial charge in [-0.1, -0.05) is 12.5 Å². The van der Waals surface area contributed by atoms with E-state index in [0.29, 0.717) is 5.75 Å². The molecule has 3 atom stereocenters. The van der Waals surface area contributed by atoms with Crippen LogP contribution in [-0.2, 0) is 26.2 Å². The maximum Gasteiger partial charge on any atom is 0.308 e. The highest BCUT2D eigenvalue weighted by Gasteiger charge is 2.64. The lowest BCUT2D eigenvalue weighted by atomic mass is 9.50. The predicted octanol–water partition coefficient (Wildman–Crippen LogP) is 3.07. The molecule has 4 rings (SSSR count). The second-order valence-electron chi connectivity index (χ2n) is 7.65. The molecule has 2 fully saturated rings. The summed E-state index contributed by atoms with van der Waals surface area (Å²) in [7, 11) is 0. The van der Waals surface area contributed by atoms with Crippen LogP contribution in [0.4, 0.5) is 0 Å². The largest absolute Gasteiger partial charge is 0.457 e. The molecule has 6 heteroatoms. The summed E-state index contributed by atoms with van der Waals surface area (Å²) in [5.74, 6) is 0.0609. The number of carbonyl (C=O) groups excluding carboxylic acids is 2. The highest BCUT2D eigenvalue weighted by atomic mass is 35.5. The molecule has 0 spiro atoms. The van der Waals surface area contributed by atoms with E-state index in [2.05, 4.69) is 11.4 Å². The van der Waals surface area contributed by atoms with Crippen molar-refractivity contribution < 1.29 is 19.1 Å². The average Bonchev–Trinajstić information content (AvgIpc) is 2.54. The van der Waals surface area contributed by atoms with Crippen LogP contribution in [-0.4, -0.2) is 30.1 Å². The number of piperidine rings is 1. The first-order chi connectivity index (χ1) is 12.0. The third kappa shape index (κ3) is 2.72. The number of ether oxygens (including phenoxy) is 2. The van der Waals surface area contributed by atoms with Crippen molar-refractivity contribution in [1.29, 1.82) is 0 Å². The molecular weight excluding hydrogens is 354 g/mol. The Labute approximate surface area is 160 Å². The number of hydrogen-bond acceptors (Lipinski definition) is 5. The zero-order valence-corrected chi connectivity index (χ0v) is 16.1. The van der Waals surface area contributed by atoms with E-state index < -0.39 is 5.60 Å². The predicted molar refractivity (Wildman–Crippen MR) is 99.8 cm³/mol. The van der Waals surface area contributed by atoms with Crippen LogP contribution in [0.2, 0.25) is 0 Å². The first kappa shape index (κ1) is 19.2. The molecule has 3 aliphatic rings.